The van der Waals surface area contributed by atoms with Gasteiger partial charge in [-0.2, -0.15) is 0 Å². The molecule has 5 nitrogen and oxygen atoms in total. The minimum Gasteiger partial charge on any atom is -0.363 e. The first-order valence-corrected chi connectivity index (χ1v) is 12.5. The van der Waals surface area contributed by atoms with Gasteiger partial charge in [-0.1, -0.05) is 91.0 Å². The molecule has 0 radical (unpaired) electrons. The number of hydrogen-bond donors (Lipinski definition) is 0. The van der Waals surface area contributed by atoms with E-state index in [1.54, 1.807) is 0 Å². The molecule has 2 fully saturated rings. The molecule has 2 aliphatic rings. The van der Waals surface area contributed by atoms with Crippen LogP contribution in [-0.2, 0) is 20.9 Å². The van der Waals surface area contributed by atoms with Crippen molar-refractivity contribution in [3.8, 4) is 0 Å². The quantitative estimate of drug-likeness (QED) is 0.549. The second-order valence-electron chi connectivity index (χ2n) is 9.64. The van der Waals surface area contributed by atoms with Crippen molar-refractivity contribution in [3.63, 3.8) is 0 Å². The molecule has 0 N–H and O–H groups in total. The number of carbonyl (C=O) groups excluding carboxylic acids is 2. The number of likely N-dealkylation sites (tertiary alicyclic amines) is 1. The van der Waals surface area contributed by atoms with Gasteiger partial charge >= 0.3 is 0 Å². The lowest BCUT2D eigenvalue weighted by Crippen LogP contribution is -2.54. The fraction of sp³-hybridized carbons (Fsp3) is 0.333. The van der Waals surface area contributed by atoms with Gasteiger partial charge in [0.2, 0.25) is 11.8 Å². The maximum Gasteiger partial charge on any atom is 0.248 e. The van der Waals surface area contributed by atoms with E-state index in [1.807, 2.05) is 88.7 Å². The Balaban J connectivity index is 1.32. The summed E-state index contributed by atoms with van der Waals surface area (Å²) in [7, 11) is 0. The normalized spacial score (nSPS) is 20.8. The summed E-state index contributed by atoms with van der Waals surface area (Å²) in [4.78, 5) is 30.4. The van der Waals surface area contributed by atoms with Gasteiger partial charge in [-0.25, -0.2) is 0 Å². The summed E-state index contributed by atoms with van der Waals surface area (Å²) in [5.74, 6) is -0.160. The fourth-order valence-corrected chi connectivity index (χ4v) is 5.38. The molecule has 0 aromatic heterocycles. The Morgan fingerprint density at radius 1 is 0.829 bits per heavy atom. The molecule has 1 atom stereocenters. The summed E-state index contributed by atoms with van der Waals surface area (Å²) in [5.41, 5.74) is 2.75. The number of benzene rings is 3. The molecule has 5 heteroatoms. The van der Waals surface area contributed by atoms with Crippen LogP contribution in [0.3, 0.4) is 0 Å². The Morgan fingerprint density at radius 2 is 1.43 bits per heavy atom. The summed E-state index contributed by atoms with van der Waals surface area (Å²) in [6, 6.07) is 30.2. The lowest BCUT2D eigenvalue weighted by molar-refractivity contribution is -0.167. The monoisotopic (exact) mass is 468 g/mol. The molecule has 35 heavy (non-hydrogen) atoms. The topological polar surface area (TPSA) is 49.9 Å². The largest absolute Gasteiger partial charge is 0.363 e. The van der Waals surface area contributed by atoms with Crippen molar-refractivity contribution in [2.45, 2.75) is 37.3 Å². The van der Waals surface area contributed by atoms with E-state index in [1.165, 1.54) is 0 Å². The van der Waals surface area contributed by atoms with Gasteiger partial charge in [0, 0.05) is 19.6 Å². The first kappa shape index (κ1) is 23.3. The standard InChI is InChI=1S/C30H32N2O3/c33-27-22-35-30(23-32(27)21-24-11-4-1-5-12-24)17-10-19-31(20-18-30)29(34)28(25-13-6-2-7-14-25)26-15-8-3-9-16-26/h1-9,11-16,28H,10,17-23H2/t30-/m1/s1. The van der Waals surface area contributed by atoms with Gasteiger partial charge in [0.15, 0.2) is 0 Å². The highest BCUT2D eigenvalue weighted by atomic mass is 16.5. The smallest absolute Gasteiger partial charge is 0.248 e. The number of amides is 2. The molecule has 2 heterocycles. The lowest BCUT2D eigenvalue weighted by Gasteiger charge is -2.42. The third kappa shape index (κ3) is 5.30. The van der Waals surface area contributed by atoms with Crippen molar-refractivity contribution < 1.29 is 14.3 Å². The molecule has 3 aromatic carbocycles. The summed E-state index contributed by atoms with van der Waals surface area (Å²) in [5, 5.41) is 0. The number of hydrogen-bond acceptors (Lipinski definition) is 3. The molecule has 2 saturated heterocycles. The van der Waals surface area contributed by atoms with Crippen LogP contribution < -0.4 is 0 Å². The average Bonchev–Trinajstić information content (AvgIpc) is 3.11. The SMILES string of the molecule is O=C1CO[C@@]2(CCCN(C(=O)C(c3ccccc3)c3ccccc3)CC2)CN1Cc1ccccc1. The predicted molar refractivity (Wildman–Crippen MR) is 136 cm³/mol. The molecule has 2 aliphatic heterocycles. The molecule has 0 saturated carbocycles. The fourth-order valence-electron chi connectivity index (χ4n) is 5.38. The minimum absolute atomic E-state index is 0.0323. The summed E-state index contributed by atoms with van der Waals surface area (Å²) in [6.07, 6.45) is 2.43. The highest BCUT2D eigenvalue weighted by molar-refractivity contribution is 5.87. The Labute approximate surface area is 207 Å². The van der Waals surface area contributed by atoms with Crippen LogP contribution in [0.15, 0.2) is 91.0 Å². The van der Waals surface area contributed by atoms with Crippen molar-refractivity contribution in [3.05, 3.63) is 108 Å². The molecule has 180 valence electrons. The Morgan fingerprint density at radius 3 is 2.06 bits per heavy atom. The van der Waals surface area contributed by atoms with E-state index in [-0.39, 0.29) is 24.3 Å². The summed E-state index contributed by atoms with van der Waals surface area (Å²) in [6.45, 7) is 2.60. The van der Waals surface area contributed by atoms with Crippen LogP contribution in [0.2, 0.25) is 0 Å². The van der Waals surface area contributed by atoms with Crippen LogP contribution in [0, 0.1) is 0 Å². The number of ether oxygens (including phenoxy) is 1. The number of rotatable bonds is 5. The van der Waals surface area contributed by atoms with Crippen molar-refractivity contribution in [1.82, 2.24) is 9.80 Å². The van der Waals surface area contributed by atoms with Crippen molar-refractivity contribution in [2.24, 2.45) is 0 Å². The van der Waals surface area contributed by atoms with Crippen LogP contribution in [0.1, 0.15) is 41.9 Å². The first-order valence-electron chi connectivity index (χ1n) is 12.5. The van der Waals surface area contributed by atoms with Crippen LogP contribution in [0.4, 0.5) is 0 Å². The molecular weight excluding hydrogens is 436 g/mol. The third-order valence-electron chi connectivity index (χ3n) is 7.27. The number of carbonyl (C=O) groups is 2. The molecule has 5 rings (SSSR count). The molecule has 3 aromatic rings. The molecule has 2 amide bonds. The van der Waals surface area contributed by atoms with E-state index < -0.39 is 5.60 Å². The van der Waals surface area contributed by atoms with Crippen molar-refractivity contribution in [1.29, 1.82) is 0 Å². The number of morpholine rings is 1. The average molecular weight is 469 g/mol. The second kappa shape index (κ2) is 10.4. The van der Waals surface area contributed by atoms with Gasteiger partial charge in [-0.3, -0.25) is 9.59 Å². The zero-order chi connectivity index (χ0) is 24.1. The Bertz CT molecular complexity index is 1100. The first-order chi connectivity index (χ1) is 17.1. The van der Waals surface area contributed by atoms with Crippen LogP contribution in [0.5, 0.6) is 0 Å². The second-order valence-corrected chi connectivity index (χ2v) is 9.64. The van der Waals surface area contributed by atoms with Crippen LogP contribution >= 0.6 is 0 Å². The van der Waals surface area contributed by atoms with Gasteiger partial charge < -0.3 is 14.5 Å². The van der Waals surface area contributed by atoms with E-state index in [0.29, 0.717) is 26.2 Å². The minimum atomic E-state index is -0.396. The van der Waals surface area contributed by atoms with E-state index >= 15 is 0 Å². The Hall–Kier alpha value is -3.44. The van der Waals surface area contributed by atoms with Gasteiger partial charge in [0.25, 0.3) is 0 Å². The highest BCUT2D eigenvalue weighted by Crippen LogP contribution is 2.33. The predicted octanol–water partition coefficient (Wildman–Crippen LogP) is 4.63. The van der Waals surface area contributed by atoms with E-state index in [2.05, 4.69) is 12.1 Å². The van der Waals surface area contributed by atoms with Crippen molar-refractivity contribution >= 4 is 11.8 Å². The molecular formula is C30H32N2O3. The molecule has 1 spiro atoms. The highest BCUT2D eigenvalue weighted by Gasteiger charge is 2.42. The zero-order valence-corrected chi connectivity index (χ0v) is 20.0. The Kier molecular flexibility index (Phi) is 6.96. The van der Waals surface area contributed by atoms with E-state index in [4.69, 9.17) is 4.74 Å². The molecule has 0 aliphatic carbocycles. The summed E-state index contributed by atoms with van der Waals surface area (Å²) < 4.78 is 6.20. The molecule has 0 bridgehead atoms. The van der Waals surface area contributed by atoms with E-state index in [9.17, 15) is 9.59 Å². The summed E-state index contributed by atoms with van der Waals surface area (Å²) >= 11 is 0. The van der Waals surface area contributed by atoms with Gasteiger partial charge in [0.05, 0.1) is 18.1 Å². The third-order valence-corrected chi connectivity index (χ3v) is 7.27. The van der Waals surface area contributed by atoms with Gasteiger partial charge in [0.1, 0.15) is 6.61 Å². The zero-order valence-electron chi connectivity index (χ0n) is 20.0. The van der Waals surface area contributed by atoms with Crippen LogP contribution in [0.25, 0.3) is 0 Å². The maximum atomic E-state index is 13.9. The van der Waals surface area contributed by atoms with Crippen molar-refractivity contribution in [2.75, 3.05) is 26.2 Å². The van der Waals surface area contributed by atoms with E-state index in [0.717, 1.165) is 36.0 Å². The molecule has 0 unspecified atom stereocenters. The number of nitrogens with zero attached hydrogens (tertiary/aromatic N) is 2. The van der Waals surface area contributed by atoms with Gasteiger partial charge in [-0.15, -0.1) is 0 Å². The van der Waals surface area contributed by atoms with Gasteiger partial charge in [-0.05, 0) is 36.0 Å². The lowest BCUT2D eigenvalue weighted by atomic mass is 9.90. The maximum absolute atomic E-state index is 13.9. The van der Waals surface area contributed by atoms with Crippen LogP contribution in [-0.4, -0.2) is 53.5 Å².